The number of hydrogen-bond acceptors (Lipinski definition) is 3. The van der Waals surface area contributed by atoms with E-state index >= 15 is 0 Å². The largest absolute Gasteiger partial charge is 0.396 e. The fourth-order valence-corrected chi connectivity index (χ4v) is 1.80. The van der Waals surface area contributed by atoms with Crippen molar-refractivity contribution in [1.82, 2.24) is 10.3 Å². The van der Waals surface area contributed by atoms with Gasteiger partial charge in [0.25, 0.3) is 5.91 Å². The van der Waals surface area contributed by atoms with Gasteiger partial charge >= 0.3 is 0 Å². The van der Waals surface area contributed by atoms with E-state index in [-0.39, 0.29) is 24.0 Å². The third-order valence-corrected chi connectivity index (χ3v) is 2.99. The zero-order valence-corrected chi connectivity index (χ0v) is 11.5. The van der Waals surface area contributed by atoms with E-state index in [4.69, 9.17) is 5.11 Å². The molecular weight excluding hydrogens is 228 g/mol. The van der Waals surface area contributed by atoms with Crippen LogP contribution in [0.25, 0.3) is 0 Å². The SMILES string of the molecule is Cc1cccnc1C(=O)NC(CCO)C(C)(C)C. The van der Waals surface area contributed by atoms with Gasteiger partial charge in [-0.1, -0.05) is 26.8 Å². The maximum Gasteiger partial charge on any atom is 0.270 e. The van der Waals surface area contributed by atoms with Crippen molar-refractivity contribution in [3.8, 4) is 0 Å². The van der Waals surface area contributed by atoms with Crippen molar-refractivity contribution < 1.29 is 9.90 Å². The second kappa shape index (κ2) is 5.96. The molecule has 1 aromatic rings. The summed E-state index contributed by atoms with van der Waals surface area (Å²) in [6.45, 7) is 8.04. The minimum Gasteiger partial charge on any atom is -0.396 e. The van der Waals surface area contributed by atoms with Crippen LogP contribution in [0.15, 0.2) is 18.3 Å². The van der Waals surface area contributed by atoms with Crippen LogP contribution >= 0.6 is 0 Å². The monoisotopic (exact) mass is 250 g/mol. The Hall–Kier alpha value is -1.42. The molecule has 18 heavy (non-hydrogen) atoms. The molecular formula is C14H22N2O2. The number of nitrogens with one attached hydrogen (secondary N) is 1. The first-order chi connectivity index (χ1) is 8.36. The van der Waals surface area contributed by atoms with Gasteiger partial charge in [-0.15, -0.1) is 0 Å². The average Bonchev–Trinajstić information content (AvgIpc) is 2.27. The van der Waals surface area contributed by atoms with E-state index in [2.05, 4.69) is 10.3 Å². The van der Waals surface area contributed by atoms with Gasteiger partial charge in [-0.3, -0.25) is 9.78 Å². The number of aliphatic hydroxyl groups excluding tert-OH is 1. The lowest BCUT2D eigenvalue weighted by Crippen LogP contribution is -2.44. The summed E-state index contributed by atoms with van der Waals surface area (Å²) in [6, 6.07) is 3.60. The first-order valence-electron chi connectivity index (χ1n) is 6.19. The van der Waals surface area contributed by atoms with Gasteiger partial charge in [0, 0.05) is 18.8 Å². The summed E-state index contributed by atoms with van der Waals surface area (Å²) in [4.78, 5) is 16.2. The lowest BCUT2D eigenvalue weighted by Gasteiger charge is -2.31. The van der Waals surface area contributed by atoms with E-state index in [9.17, 15) is 4.79 Å². The summed E-state index contributed by atoms with van der Waals surface area (Å²) in [7, 11) is 0. The number of amides is 1. The molecule has 0 aliphatic carbocycles. The number of aryl methyl sites for hydroxylation is 1. The highest BCUT2D eigenvalue weighted by atomic mass is 16.3. The van der Waals surface area contributed by atoms with Crippen molar-refractivity contribution in [2.45, 2.75) is 40.2 Å². The normalized spacial score (nSPS) is 13.2. The van der Waals surface area contributed by atoms with Gasteiger partial charge in [0.2, 0.25) is 0 Å². The summed E-state index contributed by atoms with van der Waals surface area (Å²) in [6.07, 6.45) is 2.15. The molecule has 0 spiro atoms. The number of pyridine rings is 1. The quantitative estimate of drug-likeness (QED) is 0.858. The summed E-state index contributed by atoms with van der Waals surface area (Å²) in [5, 5.41) is 12.0. The van der Waals surface area contributed by atoms with Crippen molar-refractivity contribution in [2.75, 3.05) is 6.61 Å². The molecule has 0 aliphatic rings. The predicted octanol–water partition coefficient (Wildman–Crippen LogP) is 1.92. The Labute approximate surface area is 108 Å². The summed E-state index contributed by atoms with van der Waals surface area (Å²) < 4.78 is 0. The van der Waals surface area contributed by atoms with E-state index in [1.54, 1.807) is 12.3 Å². The molecule has 1 aromatic heterocycles. The van der Waals surface area contributed by atoms with Gasteiger partial charge in [-0.2, -0.15) is 0 Å². The standard InChI is InChI=1S/C14H22N2O2/c1-10-6-5-8-15-12(10)13(18)16-11(7-9-17)14(2,3)4/h5-6,8,11,17H,7,9H2,1-4H3,(H,16,18). The van der Waals surface area contributed by atoms with Gasteiger partial charge in [-0.25, -0.2) is 0 Å². The second-order valence-corrected chi connectivity index (χ2v) is 5.57. The first kappa shape index (κ1) is 14.6. The van der Waals surface area contributed by atoms with E-state index < -0.39 is 0 Å². The maximum absolute atomic E-state index is 12.1. The summed E-state index contributed by atoms with van der Waals surface area (Å²) in [5.74, 6) is -0.179. The number of aliphatic hydroxyl groups is 1. The highest BCUT2D eigenvalue weighted by Gasteiger charge is 2.26. The van der Waals surface area contributed by atoms with Crippen molar-refractivity contribution in [1.29, 1.82) is 0 Å². The first-order valence-corrected chi connectivity index (χ1v) is 6.19. The Balaban J connectivity index is 2.82. The lowest BCUT2D eigenvalue weighted by molar-refractivity contribution is 0.0879. The summed E-state index contributed by atoms with van der Waals surface area (Å²) >= 11 is 0. The number of rotatable bonds is 4. The Kier molecular flexibility index (Phi) is 4.84. The minimum atomic E-state index is -0.179. The van der Waals surface area contributed by atoms with Crippen LogP contribution in [0.5, 0.6) is 0 Å². The van der Waals surface area contributed by atoms with Crippen LogP contribution in [0.1, 0.15) is 43.2 Å². The fourth-order valence-electron chi connectivity index (χ4n) is 1.80. The van der Waals surface area contributed by atoms with E-state index in [0.717, 1.165) is 5.56 Å². The molecule has 0 saturated heterocycles. The zero-order chi connectivity index (χ0) is 13.8. The topological polar surface area (TPSA) is 62.2 Å². The number of carbonyl (C=O) groups is 1. The zero-order valence-electron chi connectivity index (χ0n) is 11.5. The van der Waals surface area contributed by atoms with Crippen LogP contribution in [0.2, 0.25) is 0 Å². The van der Waals surface area contributed by atoms with E-state index in [0.29, 0.717) is 12.1 Å². The van der Waals surface area contributed by atoms with Crippen molar-refractivity contribution in [3.63, 3.8) is 0 Å². The van der Waals surface area contributed by atoms with Crippen molar-refractivity contribution in [2.24, 2.45) is 5.41 Å². The summed E-state index contributed by atoms with van der Waals surface area (Å²) in [5.41, 5.74) is 1.21. The molecule has 1 unspecified atom stereocenters. The molecule has 0 fully saturated rings. The molecule has 0 aromatic carbocycles. The molecule has 0 aliphatic heterocycles. The lowest BCUT2D eigenvalue weighted by atomic mass is 9.85. The maximum atomic E-state index is 12.1. The third kappa shape index (κ3) is 3.81. The van der Waals surface area contributed by atoms with Crippen LogP contribution in [0, 0.1) is 12.3 Å². The molecule has 1 heterocycles. The van der Waals surface area contributed by atoms with Gasteiger partial charge in [0.1, 0.15) is 5.69 Å². The number of carbonyl (C=O) groups excluding carboxylic acids is 1. The van der Waals surface area contributed by atoms with Crippen LogP contribution < -0.4 is 5.32 Å². The average molecular weight is 250 g/mol. The Morgan fingerprint density at radius 1 is 1.50 bits per heavy atom. The third-order valence-electron chi connectivity index (χ3n) is 2.99. The molecule has 100 valence electrons. The van der Waals surface area contributed by atoms with Crippen LogP contribution in [-0.2, 0) is 0 Å². The molecule has 4 heteroatoms. The van der Waals surface area contributed by atoms with Gasteiger partial charge in [-0.05, 0) is 30.4 Å². The van der Waals surface area contributed by atoms with Gasteiger partial charge < -0.3 is 10.4 Å². The Morgan fingerprint density at radius 3 is 2.67 bits per heavy atom. The highest BCUT2D eigenvalue weighted by Crippen LogP contribution is 2.22. The fraction of sp³-hybridized carbons (Fsp3) is 0.571. The van der Waals surface area contributed by atoms with Crippen LogP contribution in [0.4, 0.5) is 0 Å². The highest BCUT2D eigenvalue weighted by molar-refractivity contribution is 5.93. The molecule has 1 amide bonds. The van der Waals surface area contributed by atoms with Crippen molar-refractivity contribution >= 4 is 5.91 Å². The molecule has 0 radical (unpaired) electrons. The number of hydrogen-bond donors (Lipinski definition) is 2. The van der Waals surface area contributed by atoms with Crippen LogP contribution in [0.3, 0.4) is 0 Å². The number of aromatic nitrogens is 1. The molecule has 1 rings (SSSR count). The minimum absolute atomic E-state index is 0.0589. The molecule has 2 N–H and O–H groups in total. The number of nitrogens with zero attached hydrogens (tertiary/aromatic N) is 1. The second-order valence-electron chi connectivity index (χ2n) is 5.57. The Morgan fingerprint density at radius 2 is 2.17 bits per heavy atom. The van der Waals surface area contributed by atoms with E-state index in [1.165, 1.54) is 0 Å². The molecule has 4 nitrogen and oxygen atoms in total. The van der Waals surface area contributed by atoms with Crippen LogP contribution in [-0.4, -0.2) is 28.6 Å². The molecule has 0 bridgehead atoms. The van der Waals surface area contributed by atoms with Crippen molar-refractivity contribution in [3.05, 3.63) is 29.6 Å². The van der Waals surface area contributed by atoms with E-state index in [1.807, 2.05) is 33.8 Å². The molecule has 0 saturated carbocycles. The predicted molar refractivity (Wildman–Crippen MR) is 71.4 cm³/mol. The van der Waals surface area contributed by atoms with Gasteiger partial charge in [0.05, 0.1) is 0 Å². The van der Waals surface area contributed by atoms with Gasteiger partial charge in [0.15, 0.2) is 0 Å². The molecule has 1 atom stereocenters. The Bertz CT molecular complexity index is 411. The smallest absolute Gasteiger partial charge is 0.270 e.